The van der Waals surface area contributed by atoms with Crippen molar-refractivity contribution in [1.29, 1.82) is 0 Å². The minimum Gasteiger partial charge on any atom is -0.496 e. The third kappa shape index (κ3) is 3.03. The molecule has 21 heavy (non-hydrogen) atoms. The Morgan fingerprint density at radius 3 is 2.62 bits per heavy atom. The van der Waals surface area contributed by atoms with Crippen LogP contribution < -0.4 is 10.5 Å². The molecule has 0 saturated heterocycles. The van der Waals surface area contributed by atoms with E-state index in [1.165, 1.54) is 12.0 Å². The molecule has 0 spiro atoms. The van der Waals surface area contributed by atoms with Gasteiger partial charge >= 0.3 is 0 Å². The number of benzene rings is 1. The SMILES string of the molecule is COc1cccc(N)c1C(=O)N(C)C(C)c1ccc(C)s1. The lowest BCUT2D eigenvalue weighted by atomic mass is 10.1. The van der Waals surface area contributed by atoms with Gasteiger partial charge in [0.15, 0.2) is 0 Å². The number of nitrogens with two attached hydrogens (primary N) is 1. The maximum absolute atomic E-state index is 12.7. The van der Waals surface area contributed by atoms with Crippen LogP contribution in [-0.2, 0) is 0 Å². The number of anilines is 1. The molecular weight excluding hydrogens is 284 g/mol. The molecule has 2 N–H and O–H groups in total. The molecule has 112 valence electrons. The van der Waals surface area contributed by atoms with E-state index >= 15 is 0 Å². The lowest BCUT2D eigenvalue weighted by Gasteiger charge is -2.25. The highest BCUT2D eigenvalue weighted by Crippen LogP contribution is 2.31. The van der Waals surface area contributed by atoms with Crippen molar-refractivity contribution in [1.82, 2.24) is 4.90 Å². The van der Waals surface area contributed by atoms with Crippen LogP contribution >= 0.6 is 11.3 Å². The molecule has 0 radical (unpaired) electrons. The average molecular weight is 304 g/mol. The molecule has 5 heteroatoms. The van der Waals surface area contributed by atoms with E-state index in [0.717, 1.165) is 4.88 Å². The number of hydrogen-bond donors (Lipinski definition) is 1. The van der Waals surface area contributed by atoms with Crippen molar-refractivity contribution in [2.24, 2.45) is 0 Å². The van der Waals surface area contributed by atoms with Crippen molar-refractivity contribution in [3.8, 4) is 5.75 Å². The number of carbonyl (C=O) groups is 1. The van der Waals surface area contributed by atoms with E-state index < -0.39 is 0 Å². The second kappa shape index (κ2) is 6.18. The number of methoxy groups -OCH3 is 1. The van der Waals surface area contributed by atoms with Crippen molar-refractivity contribution in [3.05, 3.63) is 45.6 Å². The second-order valence-electron chi connectivity index (χ2n) is 4.96. The Morgan fingerprint density at radius 1 is 1.33 bits per heavy atom. The normalized spacial score (nSPS) is 12.0. The monoisotopic (exact) mass is 304 g/mol. The Morgan fingerprint density at radius 2 is 2.05 bits per heavy atom. The summed E-state index contributed by atoms with van der Waals surface area (Å²) in [5.74, 6) is 0.366. The molecule has 0 aliphatic carbocycles. The second-order valence-corrected chi connectivity index (χ2v) is 6.28. The molecule has 0 aliphatic heterocycles. The number of aryl methyl sites for hydroxylation is 1. The summed E-state index contributed by atoms with van der Waals surface area (Å²) in [5, 5.41) is 0. The van der Waals surface area contributed by atoms with Crippen LogP contribution in [0.1, 0.15) is 33.1 Å². The maximum Gasteiger partial charge on any atom is 0.260 e. The summed E-state index contributed by atoms with van der Waals surface area (Å²) in [6.07, 6.45) is 0. The summed E-state index contributed by atoms with van der Waals surface area (Å²) in [5.41, 5.74) is 6.80. The Kier molecular flexibility index (Phi) is 4.53. The fraction of sp³-hybridized carbons (Fsp3) is 0.312. The van der Waals surface area contributed by atoms with E-state index in [9.17, 15) is 4.79 Å². The van der Waals surface area contributed by atoms with Gasteiger partial charge in [0.2, 0.25) is 0 Å². The predicted molar refractivity (Wildman–Crippen MR) is 87.0 cm³/mol. The molecule has 0 aliphatic rings. The largest absolute Gasteiger partial charge is 0.496 e. The number of carbonyl (C=O) groups excluding carboxylic acids is 1. The molecule has 1 aromatic carbocycles. The quantitative estimate of drug-likeness (QED) is 0.880. The van der Waals surface area contributed by atoms with Crippen molar-refractivity contribution in [2.45, 2.75) is 19.9 Å². The van der Waals surface area contributed by atoms with E-state index in [-0.39, 0.29) is 11.9 Å². The van der Waals surface area contributed by atoms with Crippen molar-refractivity contribution in [2.75, 3.05) is 19.9 Å². The molecule has 1 amide bonds. The van der Waals surface area contributed by atoms with Crippen LogP contribution in [0.5, 0.6) is 5.75 Å². The van der Waals surface area contributed by atoms with Crippen LogP contribution in [0.2, 0.25) is 0 Å². The number of nitrogens with zero attached hydrogens (tertiary/aromatic N) is 1. The summed E-state index contributed by atoms with van der Waals surface area (Å²) in [6, 6.07) is 9.34. The molecule has 2 aromatic rings. The predicted octanol–water partition coefficient (Wildman–Crippen LogP) is 3.48. The highest BCUT2D eigenvalue weighted by atomic mass is 32.1. The number of rotatable bonds is 4. The zero-order valence-electron chi connectivity index (χ0n) is 12.7. The average Bonchev–Trinajstić information content (AvgIpc) is 2.91. The molecule has 2 rings (SSSR count). The summed E-state index contributed by atoms with van der Waals surface area (Å²) in [4.78, 5) is 16.8. The minimum atomic E-state index is -0.136. The van der Waals surface area contributed by atoms with Crippen molar-refractivity contribution >= 4 is 22.9 Å². The first kappa shape index (κ1) is 15.4. The van der Waals surface area contributed by atoms with Gasteiger partial charge in [-0.15, -0.1) is 11.3 Å². The molecule has 0 saturated carbocycles. The first-order chi connectivity index (χ1) is 9.95. The van der Waals surface area contributed by atoms with Gasteiger partial charge in [0.05, 0.1) is 13.2 Å². The van der Waals surface area contributed by atoms with Gasteiger partial charge in [-0.2, -0.15) is 0 Å². The van der Waals surface area contributed by atoms with Gasteiger partial charge < -0.3 is 15.4 Å². The van der Waals surface area contributed by atoms with Gasteiger partial charge in [0, 0.05) is 22.5 Å². The molecule has 1 unspecified atom stereocenters. The number of thiophene rings is 1. The van der Waals surface area contributed by atoms with Gasteiger partial charge in [0.1, 0.15) is 11.3 Å². The molecule has 1 aromatic heterocycles. The van der Waals surface area contributed by atoms with Crippen LogP contribution in [-0.4, -0.2) is 25.0 Å². The number of amides is 1. The van der Waals surface area contributed by atoms with Gasteiger partial charge in [-0.05, 0) is 38.1 Å². The van der Waals surface area contributed by atoms with E-state index in [0.29, 0.717) is 17.0 Å². The van der Waals surface area contributed by atoms with Gasteiger partial charge in [0.25, 0.3) is 5.91 Å². The van der Waals surface area contributed by atoms with E-state index in [1.807, 2.05) is 6.92 Å². The summed E-state index contributed by atoms with van der Waals surface area (Å²) in [7, 11) is 3.32. The van der Waals surface area contributed by atoms with Gasteiger partial charge in [-0.1, -0.05) is 6.07 Å². The van der Waals surface area contributed by atoms with Crippen LogP contribution in [0.15, 0.2) is 30.3 Å². The lowest BCUT2D eigenvalue weighted by Crippen LogP contribution is -2.30. The highest BCUT2D eigenvalue weighted by Gasteiger charge is 2.24. The lowest BCUT2D eigenvalue weighted by molar-refractivity contribution is 0.0742. The zero-order valence-corrected chi connectivity index (χ0v) is 13.5. The smallest absolute Gasteiger partial charge is 0.260 e. The van der Waals surface area contributed by atoms with Crippen molar-refractivity contribution < 1.29 is 9.53 Å². The first-order valence-electron chi connectivity index (χ1n) is 6.71. The van der Waals surface area contributed by atoms with Crippen LogP contribution in [0.25, 0.3) is 0 Å². The number of ether oxygens (including phenoxy) is 1. The third-order valence-corrected chi connectivity index (χ3v) is 4.74. The Balaban J connectivity index is 2.31. The van der Waals surface area contributed by atoms with Gasteiger partial charge in [-0.25, -0.2) is 0 Å². The fourth-order valence-electron chi connectivity index (χ4n) is 2.17. The summed E-state index contributed by atoms with van der Waals surface area (Å²) < 4.78 is 5.26. The molecular formula is C16H20N2O2S. The molecule has 0 bridgehead atoms. The topological polar surface area (TPSA) is 55.6 Å². The minimum absolute atomic E-state index is 0.0134. The molecule has 1 atom stereocenters. The zero-order chi connectivity index (χ0) is 15.6. The van der Waals surface area contributed by atoms with Crippen LogP contribution in [0.3, 0.4) is 0 Å². The van der Waals surface area contributed by atoms with Crippen molar-refractivity contribution in [3.63, 3.8) is 0 Å². The Hall–Kier alpha value is -2.01. The number of nitrogen functional groups attached to an aromatic ring is 1. The Bertz CT molecular complexity index is 651. The Labute approximate surface area is 129 Å². The number of hydrogen-bond acceptors (Lipinski definition) is 4. The first-order valence-corrected chi connectivity index (χ1v) is 7.53. The molecule has 1 heterocycles. The van der Waals surface area contributed by atoms with Crippen LogP contribution in [0.4, 0.5) is 5.69 Å². The van der Waals surface area contributed by atoms with Crippen LogP contribution in [0, 0.1) is 6.92 Å². The van der Waals surface area contributed by atoms with Gasteiger partial charge in [-0.3, -0.25) is 4.79 Å². The fourth-order valence-corrected chi connectivity index (χ4v) is 3.14. The third-order valence-electron chi connectivity index (χ3n) is 3.57. The summed E-state index contributed by atoms with van der Waals surface area (Å²) in [6.45, 7) is 4.07. The summed E-state index contributed by atoms with van der Waals surface area (Å²) >= 11 is 1.69. The standard InChI is InChI=1S/C16H20N2O2S/c1-10-8-9-14(21-10)11(2)18(3)16(19)15-12(17)6-5-7-13(15)20-4/h5-9,11H,17H2,1-4H3. The molecule has 4 nitrogen and oxygen atoms in total. The van der Waals surface area contributed by atoms with E-state index in [1.54, 1.807) is 41.5 Å². The van der Waals surface area contributed by atoms with E-state index in [4.69, 9.17) is 10.5 Å². The van der Waals surface area contributed by atoms with E-state index in [2.05, 4.69) is 19.1 Å². The highest BCUT2D eigenvalue weighted by molar-refractivity contribution is 7.12. The molecule has 0 fully saturated rings. The maximum atomic E-state index is 12.7.